The van der Waals surface area contributed by atoms with Crippen molar-refractivity contribution in [3.8, 4) is 0 Å². The molecule has 4 heteroatoms. The maximum atomic E-state index is 4.30. The molecule has 2 rings (SSSR count). The van der Waals surface area contributed by atoms with Gasteiger partial charge in [0, 0.05) is 21.4 Å². The molecule has 2 aromatic rings. The van der Waals surface area contributed by atoms with Crippen molar-refractivity contribution in [3.05, 3.63) is 50.4 Å². The van der Waals surface area contributed by atoms with Crippen molar-refractivity contribution in [1.82, 2.24) is 10.3 Å². The summed E-state index contributed by atoms with van der Waals surface area (Å²) in [6, 6.07) is 8.96. The number of hydrogen-bond acceptors (Lipinski definition) is 3. The lowest BCUT2D eigenvalue weighted by atomic mass is 10.1. The van der Waals surface area contributed by atoms with Gasteiger partial charge in [0.15, 0.2) is 0 Å². The molecule has 0 saturated carbocycles. The van der Waals surface area contributed by atoms with Crippen LogP contribution in [0.4, 0.5) is 0 Å². The summed E-state index contributed by atoms with van der Waals surface area (Å²) in [7, 11) is 0. The van der Waals surface area contributed by atoms with Crippen molar-refractivity contribution in [2.45, 2.75) is 32.9 Å². The monoisotopic (exact) mass is 324 g/mol. The summed E-state index contributed by atoms with van der Waals surface area (Å²) in [5, 5.41) is 3.62. The van der Waals surface area contributed by atoms with Crippen molar-refractivity contribution >= 4 is 27.3 Å². The van der Waals surface area contributed by atoms with E-state index in [4.69, 9.17) is 0 Å². The molecule has 2 nitrogen and oxygen atoms in total. The quantitative estimate of drug-likeness (QED) is 0.887. The molecule has 1 heterocycles. The first-order valence-electron chi connectivity index (χ1n) is 6.00. The van der Waals surface area contributed by atoms with Gasteiger partial charge in [-0.15, -0.1) is 11.3 Å². The second-order valence-corrected chi connectivity index (χ2v) is 6.17. The average molecular weight is 325 g/mol. The highest BCUT2D eigenvalue weighted by Crippen LogP contribution is 2.27. The van der Waals surface area contributed by atoms with Crippen LogP contribution in [0.25, 0.3) is 0 Å². The average Bonchev–Trinajstić information content (AvgIpc) is 2.76. The van der Waals surface area contributed by atoms with Crippen molar-refractivity contribution in [2.24, 2.45) is 0 Å². The summed E-state index contributed by atoms with van der Waals surface area (Å²) >= 11 is 5.31. The summed E-state index contributed by atoms with van der Waals surface area (Å²) in [6.07, 6.45) is 0. The van der Waals surface area contributed by atoms with E-state index in [2.05, 4.69) is 65.2 Å². The molecule has 0 amide bonds. The van der Waals surface area contributed by atoms with E-state index in [0.29, 0.717) is 12.1 Å². The standard InChI is InChI=1S/C14H17BrN2S/c1-9(12-6-4-5-7-13(12)15)17-11(3)14-10(2)16-8-18-14/h4-9,11,17H,1-3H3/t9-,11?/m1/s1. The highest BCUT2D eigenvalue weighted by atomic mass is 79.9. The second kappa shape index (κ2) is 5.95. The third-order valence-corrected chi connectivity index (χ3v) is 4.88. The zero-order chi connectivity index (χ0) is 13.1. The topological polar surface area (TPSA) is 24.9 Å². The van der Waals surface area contributed by atoms with Gasteiger partial charge in [-0.25, -0.2) is 4.98 Å². The van der Waals surface area contributed by atoms with Crippen LogP contribution in [0.3, 0.4) is 0 Å². The Bertz CT molecular complexity index is 524. The van der Waals surface area contributed by atoms with E-state index in [1.807, 2.05) is 11.6 Å². The summed E-state index contributed by atoms with van der Waals surface area (Å²) in [4.78, 5) is 5.62. The van der Waals surface area contributed by atoms with Gasteiger partial charge in [0.05, 0.1) is 11.2 Å². The van der Waals surface area contributed by atoms with Crippen LogP contribution in [0.1, 0.15) is 42.1 Å². The first-order valence-corrected chi connectivity index (χ1v) is 7.67. The number of aryl methyl sites for hydroxylation is 1. The number of aromatic nitrogens is 1. The van der Waals surface area contributed by atoms with E-state index >= 15 is 0 Å². The third-order valence-electron chi connectivity index (χ3n) is 3.05. The Labute approximate surface area is 121 Å². The molecule has 0 saturated heterocycles. The molecule has 2 atom stereocenters. The Morgan fingerprint density at radius 2 is 1.94 bits per heavy atom. The molecule has 0 bridgehead atoms. The van der Waals surface area contributed by atoms with Gasteiger partial charge in [-0.05, 0) is 32.4 Å². The molecule has 0 aliphatic heterocycles. The molecule has 0 radical (unpaired) electrons. The van der Waals surface area contributed by atoms with Crippen LogP contribution in [-0.4, -0.2) is 4.98 Å². The Balaban J connectivity index is 2.11. The molecule has 96 valence electrons. The van der Waals surface area contributed by atoms with Crippen LogP contribution in [-0.2, 0) is 0 Å². The number of benzene rings is 1. The Morgan fingerprint density at radius 3 is 2.56 bits per heavy atom. The Hall–Kier alpha value is -0.710. The molecule has 0 aliphatic rings. The highest BCUT2D eigenvalue weighted by Gasteiger charge is 2.15. The van der Waals surface area contributed by atoms with Gasteiger partial charge in [0.2, 0.25) is 0 Å². The Kier molecular flexibility index (Phi) is 4.54. The van der Waals surface area contributed by atoms with Gasteiger partial charge in [-0.3, -0.25) is 0 Å². The third kappa shape index (κ3) is 2.99. The van der Waals surface area contributed by atoms with Crippen LogP contribution in [0.15, 0.2) is 34.2 Å². The zero-order valence-corrected chi connectivity index (χ0v) is 13.2. The fourth-order valence-electron chi connectivity index (χ4n) is 2.09. The van der Waals surface area contributed by atoms with Crippen LogP contribution < -0.4 is 5.32 Å². The van der Waals surface area contributed by atoms with Gasteiger partial charge in [-0.2, -0.15) is 0 Å². The minimum atomic E-state index is 0.303. The molecule has 1 N–H and O–H groups in total. The number of hydrogen-bond donors (Lipinski definition) is 1. The first kappa shape index (κ1) is 13.7. The molecule has 18 heavy (non-hydrogen) atoms. The summed E-state index contributed by atoms with van der Waals surface area (Å²) in [5.41, 5.74) is 4.32. The van der Waals surface area contributed by atoms with Crippen molar-refractivity contribution in [1.29, 1.82) is 0 Å². The van der Waals surface area contributed by atoms with Gasteiger partial charge < -0.3 is 5.32 Å². The number of nitrogens with zero attached hydrogens (tertiary/aromatic N) is 1. The molecule has 0 spiro atoms. The van der Waals surface area contributed by atoms with Crippen LogP contribution >= 0.6 is 27.3 Å². The van der Waals surface area contributed by atoms with E-state index < -0.39 is 0 Å². The molecular formula is C14H17BrN2S. The number of halogens is 1. The lowest BCUT2D eigenvalue weighted by Crippen LogP contribution is -2.22. The van der Waals surface area contributed by atoms with Crippen LogP contribution in [0.5, 0.6) is 0 Å². The van der Waals surface area contributed by atoms with Gasteiger partial charge in [-0.1, -0.05) is 34.1 Å². The van der Waals surface area contributed by atoms with E-state index in [1.54, 1.807) is 11.3 Å². The van der Waals surface area contributed by atoms with Gasteiger partial charge in [0.25, 0.3) is 0 Å². The van der Waals surface area contributed by atoms with E-state index in [9.17, 15) is 0 Å². The minimum absolute atomic E-state index is 0.303. The lowest BCUT2D eigenvalue weighted by molar-refractivity contribution is 0.497. The molecule has 0 aliphatic carbocycles. The maximum absolute atomic E-state index is 4.30. The maximum Gasteiger partial charge on any atom is 0.0798 e. The first-order chi connectivity index (χ1) is 8.59. The summed E-state index contributed by atoms with van der Waals surface area (Å²) < 4.78 is 1.15. The summed E-state index contributed by atoms with van der Waals surface area (Å²) in [6.45, 7) is 6.44. The summed E-state index contributed by atoms with van der Waals surface area (Å²) in [5.74, 6) is 0. The van der Waals surface area contributed by atoms with Gasteiger partial charge in [0.1, 0.15) is 0 Å². The molecular weight excluding hydrogens is 308 g/mol. The number of nitrogens with one attached hydrogen (secondary N) is 1. The van der Waals surface area contributed by atoms with Crippen molar-refractivity contribution in [2.75, 3.05) is 0 Å². The van der Waals surface area contributed by atoms with E-state index in [0.717, 1.165) is 10.2 Å². The number of rotatable bonds is 4. The predicted octanol–water partition coefficient (Wildman–Crippen LogP) is 4.63. The minimum Gasteiger partial charge on any atom is -0.303 e. The molecule has 1 aromatic carbocycles. The predicted molar refractivity (Wildman–Crippen MR) is 81.0 cm³/mol. The zero-order valence-electron chi connectivity index (χ0n) is 10.8. The highest BCUT2D eigenvalue weighted by molar-refractivity contribution is 9.10. The van der Waals surface area contributed by atoms with Crippen LogP contribution in [0, 0.1) is 6.92 Å². The number of thiazole rings is 1. The fraction of sp³-hybridized carbons (Fsp3) is 0.357. The van der Waals surface area contributed by atoms with E-state index in [-0.39, 0.29) is 0 Å². The molecule has 1 aromatic heterocycles. The SMILES string of the molecule is Cc1ncsc1C(C)N[C@H](C)c1ccccc1Br. The second-order valence-electron chi connectivity index (χ2n) is 4.43. The Morgan fingerprint density at radius 1 is 1.22 bits per heavy atom. The van der Waals surface area contributed by atoms with Gasteiger partial charge >= 0.3 is 0 Å². The lowest BCUT2D eigenvalue weighted by Gasteiger charge is -2.20. The van der Waals surface area contributed by atoms with E-state index in [1.165, 1.54) is 10.4 Å². The fourth-order valence-corrected chi connectivity index (χ4v) is 3.54. The van der Waals surface area contributed by atoms with Crippen molar-refractivity contribution in [3.63, 3.8) is 0 Å². The molecule has 0 fully saturated rings. The van der Waals surface area contributed by atoms with Crippen LogP contribution in [0.2, 0.25) is 0 Å². The normalized spacial score (nSPS) is 14.4. The largest absolute Gasteiger partial charge is 0.303 e. The molecule has 1 unspecified atom stereocenters. The van der Waals surface area contributed by atoms with Crippen molar-refractivity contribution < 1.29 is 0 Å². The smallest absolute Gasteiger partial charge is 0.0798 e.